The number of rotatable bonds is 3. The largest absolute Gasteiger partial charge is 0.329 e. The Morgan fingerprint density at radius 2 is 2.22 bits per heavy atom. The number of hydrogen-bond donors (Lipinski definition) is 0. The fourth-order valence-corrected chi connectivity index (χ4v) is 2.53. The van der Waals surface area contributed by atoms with Crippen LogP contribution in [-0.2, 0) is 7.05 Å². The van der Waals surface area contributed by atoms with Gasteiger partial charge < -0.3 is 4.57 Å². The lowest BCUT2D eigenvalue weighted by Crippen LogP contribution is -2.01. The minimum atomic E-state index is -0.517. The number of halogens is 1. The molecule has 2 aromatic rings. The molecule has 7 nitrogen and oxygen atoms in total. The molecule has 0 atom stereocenters. The number of imidazole rings is 1. The first-order chi connectivity index (χ1) is 8.49. The van der Waals surface area contributed by atoms with E-state index in [-0.39, 0.29) is 21.7 Å². The maximum atomic E-state index is 11.0. The standard InChI is InChI=1S/C9H8ClN5O2S/c1-5-6(15(16)17)7(13-8(10)12-5)18-9-11-3-4-14(9)2/h3-4H,1-2H3. The molecule has 94 valence electrons. The fraction of sp³-hybridized carbons (Fsp3) is 0.222. The average Bonchev–Trinajstić information content (AvgIpc) is 2.62. The minimum Gasteiger partial charge on any atom is -0.329 e. The summed E-state index contributed by atoms with van der Waals surface area (Å²) >= 11 is 6.80. The van der Waals surface area contributed by atoms with Crippen LogP contribution in [-0.4, -0.2) is 24.4 Å². The lowest BCUT2D eigenvalue weighted by molar-refractivity contribution is -0.389. The third-order valence-corrected chi connectivity index (χ3v) is 3.37. The summed E-state index contributed by atoms with van der Waals surface area (Å²) in [6, 6.07) is 0. The predicted octanol–water partition coefficient (Wildman–Crippen LogP) is 2.23. The zero-order valence-electron chi connectivity index (χ0n) is 9.49. The molecule has 0 bridgehead atoms. The molecular weight excluding hydrogens is 278 g/mol. The molecular formula is C9H8ClN5O2S. The topological polar surface area (TPSA) is 86.7 Å². The van der Waals surface area contributed by atoms with Gasteiger partial charge in [-0.15, -0.1) is 0 Å². The Morgan fingerprint density at radius 3 is 2.78 bits per heavy atom. The van der Waals surface area contributed by atoms with E-state index in [9.17, 15) is 10.1 Å². The van der Waals surface area contributed by atoms with Gasteiger partial charge in [-0.1, -0.05) is 0 Å². The van der Waals surface area contributed by atoms with Gasteiger partial charge in [-0.3, -0.25) is 10.1 Å². The van der Waals surface area contributed by atoms with E-state index < -0.39 is 4.92 Å². The first kappa shape index (κ1) is 12.8. The van der Waals surface area contributed by atoms with Crippen LogP contribution in [0.4, 0.5) is 5.69 Å². The van der Waals surface area contributed by atoms with Gasteiger partial charge in [0.05, 0.1) is 4.92 Å². The number of hydrogen-bond acceptors (Lipinski definition) is 6. The van der Waals surface area contributed by atoms with Gasteiger partial charge in [0, 0.05) is 19.4 Å². The van der Waals surface area contributed by atoms with Gasteiger partial charge in [0.2, 0.25) is 5.28 Å². The Kier molecular flexibility index (Phi) is 3.48. The van der Waals surface area contributed by atoms with Gasteiger partial charge in [0.25, 0.3) is 0 Å². The first-order valence-corrected chi connectivity index (χ1v) is 6.02. The summed E-state index contributed by atoms with van der Waals surface area (Å²) in [6.07, 6.45) is 3.34. The summed E-state index contributed by atoms with van der Waals surface area (Å²) in [4.78, 5) is 22.2. The molecule has 0 aliphatic heterocycles. The summed E-state index contributed by atoms with van der Waals surface area (Å²) < 4.78 is 1.74. The van der Waals surface area contributed by atoms with Crippen molar-refractivity contribution in [2.24, 2.45) is 7.05 Å². The highest BCUT2D eigenvalue weighted by Crippen LogP contribution is 2.34. The molecule has 0 spiro atoms. The van der Waals surface area contributed by atoms with Crippen molar-refractivity contribution in [3.63, 3.8) is 0 Å². The highest BCUT2D eigenvalue weighted by atomic mass is 35.5. The number of aryl methyl sites for hydroxylation is 2. The van der Waals surface area contributed by atoms with Crippen LogP contribution in [0.2, 0.25) is 5.28 Å². The van der Waals surface area contributed by atoms with Crippen molar-refractivity contribution >= 4 is 29.1 Å². The molecule has 2 heterocycles. The highest BCUT2D eigenvalue weighted by molar-refractivity contribution is 7.99. The van der Waals surface area contributed by atoms with Crippen LogP contribution in [0, 0.1) is 17.0 Å². The molecule has 18 heavy (non-hydrogen) atoms. The van der Waals surface area contributed by atoms with Gasteiger partial charge in [-0.05, 0) is 30.3 Å². The summed E-state index contributed by atoms with van der Waals surface area (Å²) in [5, 5.41) is 11.8. The molecule has 0 aliphatic rings. The Labute approximate surface area is 111 Å². The average molecular weight is 286 g/mol. The molecule has 0 saturated carbocycles. The first-order valence-electron chi connectivity index (χ1n) is 4.82. The second-order valence-corrected chi connectivity index (χ2v) is 4.71. The van der Waals surface area contributed by atoms with Gasteiger partial charge >= 0.3 is 5.69 Å². The lowest BCUT2D eigenvalue weighted by Gasteiger charge is -2.04. The zero-order chi connectivity index (χ0) is 13.3. The Bertz CT molecular complexity index is 615. The quantitative estimate of drug-likeness (QED) is 0.372. The molecule has 0 radical (unpaired) electrons. The van der Waals surface area contributed by atoms with Crippen LogP contribution in [0.15, 0.2) is 22.6 Å². The van der Waals surface area contributed by atoms with Gasteiger partial charge in [0.1, 0.15) is 5.69 Å². The SMILES string of the molecule is Cc1nc(Cl)nc(Sc2nccn2C)c1[N+](=O)[O-]. The molecule has 2 rings (SSSR count). The van der Waals surface area contributed by atoms with Crippen LogP contribution >= 0.6 is 23.4 Å². The normalized spacial score (nSPS) is 10.6. The molecule has 0 amide bonds. The summed E-state index contributed by atoms with van der Waals surface area (Å²) in [5.74, 6) is 0. The summed E-state index contributed by atoms with van der Waals surface area (Å²) in [6.45, 7) is 1.52. The Hall–Kier alpha value is -1.67. The van der Waals surface area contributed by atoms with Gasteiger partial charge in [-0.2, -0.15) is 0 Å². The minimum absolute atomic E-state index is 0.0187. The van der Waals surface area contributed by atoms with Crippen LogP contribution in [0.25, 0.3) is 0 Å². The fourth-order valence-electron chi connectivity index (χ4n) is 1.33. The van der Waals surface area contributed by atoms with E-state index >= 15 is 0 Å². The van der Waals surface area contributed by atoms with E-state index in [4.69, 9.17) is 11.6 Å². The van der Waals surface area contributed by atoms with Crippen LogP contribution in [0.5, 0.6) is 0 Å². The van der Waals surface area contributed by atoms with E-state index in [1.807, 2.05) is 0 Å². The van der Waals surface area contributed by atoms with Crippen molar-refractivity contribution in [2.75, 3.05) is 0 Å². The third kappa shape index (κ3) is 2.44. The number of nitrogens with zero attached hydrogens (tertiary/aromatic N) is 5. The van der Waals surface area contributed by atoms with Crippen molar-refractivity contribution in [3.05, 3.63) is 33.5 Å². The van der Waals surface area contributed by atoms with Crippen molar-refractivity contribution in [3.8, 4) is 0 Å². The molecule has 9 heteroatoms. The van der Waals surface area contributed by atoms with Crippen LogP contribution in [0.3, 0.4) is 0 Å². The third-order valence-electron chi connectivity index (χ3n) is 2.15. The molecule has 0 aliphatic carbocycles. The molecule has 0 aromatic carbocycles. The molecule has 0 fully saturated rings. The molecule has 0 saturated heterocycles. The van der Waals surface area contributed by atoms with E-state index in [0.29, 0.717) is 5.16 Å². The van der Waals surface area contributed by atoms with Crippen LogP contribution in [0.1, 0.15) is 5.69 Å². The van der Waals surface area contributed by atoms with E-state index in [0.717, 1.165) is 11.8 Å². The Morgan fingerprint density at radius 1 is 1.50 bits per heavy atom. The van der Waals surface area contributed by atoms with Crippen molar-refractivity contribution < 1.29 is 4.92 Å². The number of aromatic nitrogens is 4. The second kappa shape index (κ2) is 4.91. The van der Waals surface area contributed by atoms with E-state index in [1.165, 1.54) is 6.92 Å². The maximum absolute atomic E-state index is 11.0. The summed E-state index contributed by atoms with van der Waals surface area (Å²) in [7, 11) is 1.79. The van der Waals surface area contributed by atoms with Crippen molar-refractivity contribution in [1.29, 1.82) is 0 Å². The van der Waals surface area contributed by atoms with Crippen molar-refractivity contribution in [1.82, 2.24) is 19.5 Å². The van der Waals surface area contributed by atoms with Crippen LogP contribution < -0.4 is 0 Å². The zero-order valence-corrected chi connectivity index (χ0v) is 11.1. The second-order valence-electron chi connectivity index (χ2n) is 3.41. The molecule has 0 unspecified atom stereocenters. The van der Waals surface area contributed by atoms with Gasteiger partial charge in [0.15, 0.2) is 10.2 Å². The summed E-state index contributed by atoms with van der Waals surface area (Å²) in [5.41, 5.74) is 0.0871. The van der Waals surface area contributed by atoms with Gasteiger partial charge in [-0.25, -0.2) is 15.0 Å². The Balaban J connectivity index is 2.49. The maximum Gasteiger partial charge on any atom is 0.322 e. The van der Waals surface area contributed by atoms with E-state index in [2.05, 4.69) is 15.0 Å². The molecule has 0 N–H and O–H groups in total. The molecule has 2 aromatic heterocycles. The number of nitro groups is 1. The van der Waals surface area contributed by atoms with Crippen molar-refractivity contribution in [2.45, 2.75) is 17.1 Å². The monoisotopic (exact) mass is 285 g/mol. The van der Waals surface area contributed by atoms with E-state index in [1.54, 1.807) is 24.0 Å². The highest BCUT2D eigenvalue weighted by Gasteiger charge is 2.23. The predicted molar refractivity (Wildman–Crippen MR) is 65.8 cm³/mol. The smallest absolute Gasteiger partial charge is 0.322 e. The lowest BCUT2D eigenvalue weighted by atomic mass is 10.4.